The van der Waals surface area contributed by atoms with Crippen LogP contribution < -0.4 is 4.90 Å². The van der Waals surface area contributed by atoms with Crippen LogP contribution in [0.25, 0.3) is 0 Å². The highest BCUT2D eigenvalue weighted by Gasteiger charge is 2.12. The summed E-state index contributed by atoms with van der Waals surface area (Å²) in [5, 5.41) is 9.26. The Labute approximate surface area is 129 Å². The fourth-order valence-electron chi connectivity index (χ4n) is 2.13. The van der Waals surface area contributed by atoms with E-state index in [2.05, 4.69) is 6.07 Å². The van der Waals surface area contributed by atoms with E-state index in [1.807, 2.05) is 41.3 Å². The fourth-order valence-corrected chi connectivity index (χ4v) is 2.44. The molecule has 2 aromatic carbocycles. The van der Waals surface area contributed by atoms with E-state index in [1.54, 1.807) is 12.1 Å². The number of rotatable bonds is 5. The van der Waals surface area contributed by atoms with E-state index < -0.39 is 0 Å². The van der Waals surface area contributed by atoms with E-state index >= 15 is 0 Å². The Balaban J connectivity index is 2.40. The lowest BCUT2D eigenvalue weighted by Gasteiger charge is -2.24. The van der Waals surface area contributed by atoms with Gasteiger partial charge in [-0.05, 0) is 37.3 Å². The Bertz CT molecular complexity index is 677. The van der Waals surface area contributed by atoms with E-state index in [0.717, 1.165) is 11.4 Å². The molecule has 106 valence electrons. The van der Waals surface area contributed by atoms with Gasteiger partial charge in [-0.25, -0.2) is 0 Å². The van der Waals surface area contributed by atoms with E-state index in [-0.39, 0.29) is 5.78 Å². The molecule has 0 fully saturated rings. The van der Waals surface area contributed by atoms with Crippen molar-refractivity contribution in [2.24, 2.45) is 0 Å². The Kier molecular flexibility index (Phi) is 4.97. The number of carbonyl (C=O) groups excluding carboxylic acids is 1. The van der Waals surface area contributed by atoms with Crippen LogP contribution in [0.3, 0.4) is 0 Å². The van der Waals surface area contributed by atoms with Gasteiger partial charge in [0.2, 0.25) is 0 Å². The molecule has 0 amide bonds. The molecule has 0 aliphatic carbocycles. The molecule has 3 nitrogen and oxygen atoms in total. The van der Waals surface area contributed by atoms with Crippen molar-refractivity contribution in [1.29, 1.82) is 5.26 Å². The molecule has 0 spiro atoms. The number of nitriles is 1. The van der Waals surface area contributed by atoms with Crippen LogP contribution in [0.2, 0.25) is 5.02 Å². The van der Waals surface area contributed by atoms with Crippen LogP contribution in [0.5, 0.6) is 0 Å². The lowest BCUT2D eigenvalue weighted by Crippen LogP contribution is -2.18. The van der Waals surface area contributed by atoms with E-state index in [0.29, 0.717) is 23.6 Å². The Morgan fingerprint density at radius 3 is 2.48 bits per heavy atom. The summed E-state index contributed by atoms with van der Waals surface area (Å²) in [5.74, 6) is -0.0603. The summed E-state index contributed by atoms with van der Waals surface area (Å²) < 4.78 is 0. The van der Waals surface area contributed by atoms with Crippen LogP contribution >= 0.6 is 11.6 Å². The first-order chi connectivity index (χ1) is 10.1. The average molecular weight is 299 g/mol. The molecular formula is C17H15ClN2O. The average Bonchev–Trinajstić information content (AvgIpc) is 2.48. The number of hydrogen-bond donors (Lipinski definition) is 0. The number of ketones is 1. The third-order valence-electron chi connectivity index (χ3n) is 3.16. The molecule has 0 radical (unpaired) electrons. The number of benzene rings is 2. The molecule has 2 aromatic rings. The first-order valence-corrected chi connectivity index (χ1v) is 7.01. The Morgan fingerprint density at radius 2 is 1.90 bits per heavy atom. The van der Waals surface area contributed by atoms with Crippen LogP contribution in [-0.4, -0.2) is 12.3 Å². The predicted molar refractivity (Wildman–Crippen MR) is 85.1 cm³/mol. The van der Waals surface area contributed by atoms with Gasteiger partial charge in [-0.2, -0.15) is 5.26 Å². The van der Waals surface area contributed by atoms with Gasteiger partial charge in [-0.1, -0.05) is 29.8 Å². The first kappa shape index (κ1) is 15.1. The molecule has 0 unspecified atom stereocenters. The zero-order valence-electron chi connectivity index (χ0n) is 11.7. The van der Waals surface area contributed by atoms with E-state index in [4.69, 9.17) is 16.9 Å². The number of anilines is 2. The molecule has 0 aliphatic rings. The molecule has 0 aliphatic heterocycles. The van der Waals surface area contributed by atoms with Crippen LogP contribution in [-0.2, 0) is 0 Å². The molecule has 0 aromatic heterocycles. The van der Waals surface area contributed by atoms with Crippen molar-refractivity contribution >= 4 is 28.8 Å². The summed E-state index contributed by atoms with van der Waals surface area (Å²) in [5.41, 5.74) is 2.36. The maximum atomic E-state index is 11.4. The zero-order chi connectivity index (χ0) is 15.2. The second-order valence-corrected chi connectivity index (χ2v) is 5.02. The van der Waals surface area contributed by atoms with Crippen LogP contribution in [0.15, 0.2) is 48.5 Å². The second-order valence-electron chi connectivity index (χ2n) is 4.62. The summed E-state index contributed by atoms with van der Waals surface area (Å²) in [4.78, 5) is 13.5. The number of Topliss-reactive ketones (excluding diaryl/α,β-unsaturated/α-hetero) is 1. The predicted octanol–water partition coefficient (Wildman–Crippen LogP) is 4.59. The second kappa shape index (κ2) is 6.92. The number of carbonyl (C=O) groups is 1. The highest BCUT2D eigenvalue weighted by Crippen LogP contribution is 2.29. The van der Waals surface area contributed by atoms with Gasteiger partial charge in [0, 0.05) is 23.5 Å². The largest absolute Gasteiger partial charge is 0.340 e. The maximum Gasteiger partial charge on any atom is 0.161 e. The van der Waals surface area contributed by atoms with Crippen LogP contribution in [0.1, 0.15) is 23.7 Å². The van der Waals surface area contributed by atoms with Gasteiger partial charge in [-0.3, -0.25) is 4.79 Å². The number of para-hydroxylation sites is 1. The van der Waals surface area contributed by atoms with Gasteiger partial charge in [0.15, 0.2) is 5.78 Å². The Morgan fingerprint density at radius 1 is 1.19 bits per heavy atom. The molecule has 0 N–H and O–H groups in total. The summed E-state index contributed by atoms with van der Waals surface area (Å²) in [6, 6.07) is 17.3. The SMILES string of the molecule is CC(=O)c1ccc(N(CCC#N)c2ccccc2)cc1Cl. The van der Waals surface area contributed by atoms with Crippen molar-refractivity contribution in [2.75, 3.05) is 11.4 Å². The van der Waals surface area contributed by atoms with Crippen molar-refractivity contribution in [3.8, 4) is 6.07 Å². The van der Waals surface area contributed by atoms with Gasteiger partial charge < -0.3 is 4.90 Å². The lowest BCUT2D eigenvalue weighted by atomic mass is 10.1. The standard InChI is InChI=1S/C17H15ClN2O/c1-13(21)16-9-8-15(12-17(16)18)20(11-5-10-19)14-6-3-2-4-7-14/h2-4,6-9,12H,5,11H2,1H3. The summed E-state index contributed by atoms with van der Waals surface area (Å²) in [6.45, 7) is 2.06. The minimum Gasteiger partial charge on any atom is -0.340 e. The highest BCUT2D eigenvalue weighted by molar-refractivity contribution is 6.34. The fraction of sp³-hybridized carbons (Fsp3) is 0.176. The first-order valence-electron chi connectivity index (χ1n) is 6.63. The van der Waals surface area contributed by atoms with Crippen molar-refractivity contribution < 1.29 is 4.79 Å². The van der Waals surface area contributed by atoms with Crippen molar-refractivity contribution in [3.63, 3.8) is 0 Å². The molecule has 4 heteroatoms. The molecule has 2 rings (SSSR count). The van der Waals surface area contributed by atoms with Gasteiger partial charge in [0.05, 0.1) is 17.5 Å². The maximum absolute atomic E-state index is 11.4. The number of halogens is 1. The number of nitrogens with zero attached hydrogens (tertiary/aromatic N) is 2. The summed E-state index contributed by atoms with van der Waals surface area (Å²) in [6.07, 6.45) is 0.404. The van der Waals surface area contributed by atoms with Crippen molar-refractivity contribution in [1.82, 2.24) is 0 Å². The number of hydrogen-bond acceptors (Lipinski definition) is 3. The Hall–Kier alpha value is -2.31. The van der Waals surface area contributed by atoms with Gasteiger partial charge in [0.1, 0.15) is 0 Å². The molecular weight excluding hydrogens is 284 g/mol. The lowest BCUT2D eigenvalue weighted by molar-refractivity contribution is 0.101. The molecule has 0 atom stereocenters. The zero-order valence-corrected chi connectivity index (χ0v) is 12.5. The minimum absolute atomic E-state index is 0.0603. The third-order valence-corrected chi connectivity index (χ3v) is 3.47. The quantitative estimate of drug-likeness (QED) is 0.758. The molecule has 0 bridgehead atoms. The normalized spacial score (nSPS) is 9.95. The molecule has 0 heterocycles. The topological polar surface area (TPSA) is 44.1 Å². The monoisotopic (exact) mass is 298 g/mol. The van der Waals surface area contributed by atoms with Crippen molar-refractivity contribution in [2.45, 2.75) is 13.3 Å². The summed E-state index contributed by atoms with van der Waals surface area (Å²) >= 11 is 6.18. The molecule has 21 heavy (non-hydrogen) atoms. The summed E-state index contributed by atoms with van der Waals surface area (Å²) in [7, 11) is 0. The van der Waals surface area contributed by atoms with Gasteiger partial charge in [-0.15, -0.1) is 0 Å². The van der Waals surface area contributed by atoms with E-state index in [1.165, 1.54) is 6.92 Å². The van der Waals surface area contributed by atoms with Crippen LogP contribution in [0.4, 0.5) is 11.4 Å². The van der Waals surface area contributed by atoms with Gasteiger partial charge >= 0.3 is 0 Å². The smallest absolute Gasteiger partial charge is 0.161 e. The van der Waals surface area contributed by atoms with Gasteiger partial charge in [0.25, 0.3) is 0 Å². The van der Waals surface area contributed by atoms with E-state index in [9.17, 15) is 4.79 Å². The van der Waals surface area contributed by atoms with Crippen LogP contribution in [0, 0.1) is 11.3 Å². The molecule has 0 saturated carbocycles. The molecule has 0 saturated heterocycles. The third kappa shape index (κ3) is 3.62. The van der Waals surface area contributed by atoms with Crippen molar-refractivity contribution in [3.05, 3.63) is 59.1 Å². The minimum atomic E-state index is -0.0603. The highest BCUT2D eigenvalue weighted by atomic mass is 35.5.